The fourth-order valence-electron chi connectivity index (χ4n) is 4.06. The van der Waals surface area contributed by atoms with Crippen LogP contribution in [0.5, 0.6) is 23.0 Å². The Hall–Kier alpha value is -2.40. The minimum Gasteiger partial charge on any atom is -0.507 e. The molecule has 0 bridgehead atoms. The molecule has 1 atom stereocenters. The summed E-state index contributed by atoms with van der Waals surface area (Å²) < 4.78 is 16.7. The van der Waals surface area contributed by atoms with Crippen LogP contribution in [0, 0.1) is 0 Å². The van der Waals surface area contributed by atoms with Gasteiger partial charge in [-0.3, -0.25) is 0 Å². The molecule has 0 radical (unpaired) electrons. The lowest BCUT2D eigenvalue weighted by Crippen LogP contribution is -2.33. The third kappa shape index (κ3) is 1.71. The van der Waals surface area contributed by atoms with Crippen molar-refractivity contribution in [3.63, 3.8) is 0 Å². The standard InChI is InChI=1S/C18H17NO4/c1-21-11-4-10-5-12-15-9(2-3-19-12)6-14-18(23-8-22-14)17(15)16(10)13(20)7-11/h4,6-7,12,19-20H,2-3,5,8H2,1H3/t12-/m0/s1. The van der Waals surface area contributed by atoms with Gasteiger partial charge in [-0.05, 0) is 48.2 Å². The molecule has 2 heterocycles. The summed E-state index contributed by atoms with van der Waals surface area (Å²) in [7, 11) is 1.61. The molecule has 2 N–H and O–H groups in total. The molecule has 5 rings (SSSR count). The average Bonchev–Trinajstić information content (AvgIpc) is 3.02. The van der Waals surface area contributed by atoms with E-state index in [4.69, 9.17) is 14.2 Å². The lowest BCUT2D eigenvalue weighted by molar-refractivity contribution is 0.174. The average molecular weight is 311 g/mol. The number of fused-ring (bicyclic) bond motifs is 4. The molecular formula is C18H17NO4. The predicted molar refractivity (Wildman–Crippen MR) is 84.4 cm³/mol. The van der Waals surface area contributed by atoms with Crippen LogP contribution in [-0.4, -0.2) is 25.6 Å². The number of rotatable bonds is 1. The van der Waals surface area contributed by atoms with Crippen molar-refractivity contribution in [1.29, 1.82) is 0 Å². The number of phenols is 1. The third-order valence-electron chi connectivity index (χ3n) is 5.01. The van der Waals surface area contributed by atoms with E-state index in [1.54, 1.807) is 13.2 Å². The number of phenolic OH excluding ortho intramolecular Hbond substituents is 1. The maximum atomic E-state index is 10.6. The second-order valence-electron chi connectivity index (χ2n) is 6.20. The van der Waals surface area contributed by atoms with E-state index in [1.165, 1.54) is 11.1 Å². The Bertz CT molecular complexity index is 831. The van der Waals surface area contributed by atoms with Gasteiger partial charge < -0.3 is 24.6 Å². The molecule has 0 aromatic heterocycles. The molecule has 2 aromatic carbocycles. The van der Waals surface area contributed by atoms with Crippen molar-refractivity contribution >= 4 is 0 Å². The summed E-state index contributed by atoms with van der Waals surface area (Å²) in [5, 5.41) is 14.2. The fourth-order valence-corrected chi connectivity index (χ4v) is 4.06. The number of hydrogen-bond acceptors (Lipinski definition) is 5. The Morgan fingerprint density at radius 3 is 2.96 bits per heavy atom. The summed E-state index contributed by atoms with van der Waals surface area (Å²) in [6.07, 6.45) is 1.79. The monoisotopic (exact) mass is 311 g/mol. The van der Waals surface area contributed by atoms with Crippen LogP contribution in [0.1, 0.15) is 22.7 Å². The Morgan fingerprint density at radius 1 is 1.17 bits per heavy atom. The summed E-state index contributed by atoms with van der Waals surface area (Å²) in [6.45, 7) is 1.18. The minimum atomic E-state index is 0.231. The molecule has 0 amide bonds. The van der Waals surface area contributed by atoms with Crippen molar-refractivity contribution in [2.75, 3.05) is 20.4 Å². The molecule has 5 heteroatoms. The van der Waals surface area contributed by atoms with Crippen LogP contribution in [0.4, 0.5) is 0 Å². The molecule has 1 aliphatic carbocycles. The van der Waals surface area contributed by atoms with Crippen LogP contribution >= 0.6 is 0 Å². The van der Waals surface area contributed by atoms with Crippen LogP contribution in [0.25, 0.3) is 11.1 Å². The maximum absolute atomic E-state index is 10.6. The zero-order valence-electron chi connectivity index (χ0n) is 12.8. The number of nitrogens with one attached hydrogen (secondary N) is 1. The first kappa shape index (κ1) is 13.1. The molecule has 0 unspecified atom stereocenters. The highest BCUT2D eigenvalue weighted by molar-refractivity contribution is 5.87. The lowest BCUT2D eigenvalue weighted by Gasteiger charge is -2.35. The number of benzene rings is 2. The summed E-state index contributed by atoms with van der Waals surface area (Å²) in [5.41, 5.74) is 5.43. The molecule has 2 aliphatic heterocycles. The zero-order valence-corrected chi connectivity index (χ0v) is 12.8. The van der Waals surface area contributed by atoms with Crippen molar-refractivity contribution in [3.8, 4) is 34.1 Å². The van der Waals surface area contributed by atoms with Crippen molar-refractivity contribution in [2.24, 2.45) is 0 Å². The molecule has 3 aliphatic rings. The van der Waals surface area contributed by atoms with E-state index in [0.29, 0.717) is 5.75 Å². The lowest BCUT2D eigenvalue weighted by atomic mass is 9.77. The second-order valence-corrected chi connectivity index (χ2v) is 6.20. The van der Waals surface area contributed by atoms with E-state index in [2.05, 4.69) is 11.4 Å². The van der Waals surface area contributed by atoms with Crippen molar-refractivity contribution < 1.29 is 19.3 Å². The third-order valence-corrected chi connectivity index (χ3v) is 5.01. The Morgan fingerprint density at radius 2 is 2.09 bits per heavy atom. The highest BCUT2D eigenvalue weighted by Gasteiger charge is 2.36. The fraction of sp³-hybridized carbons (Fsp3) is 0.333. The molecule has 5 nitrogen and oxygen atoms in total. The van der Waals surface area contributed by atoms with Gasteiger partial charge in [0.05, 0.1) is 7.11 Å². The van der Waals surface area contributed by atoms with Crippen LogP contribution in [0.3, 0.4) is 0 Å². The zero-order chi connectivity index (χ0) is 15.6. The summed E-state index contributed by atoms with van der Waals surface area (Å²) >= 11 is 0. The van der Waals surface area contributed by atoms with Gasteiger partial charge in [-0.25, -0.2) is 0 Å². The first-order chi connectivity index (χ1) is 11.3. The molecule has 0 saturated heterocycles. The summed E-state index contributed by atoms with van der Waals surface area (Å²) in [5.74, 6) is 2.43. The largest absolute Gasteiger partial charge is 0.507 e. The van der Waals surface area contributed by atoms with E-state index in [1.807, 2.05) is 6.07 Å². The number of ether oxygens (including phenoxy) is 3. The van der Waals surface area contributed by atoms with Crippen molar-refractivity contribution in [2.45, 2.75) is 18.9 Å². The van der Waals surface area contributed by atoms with Gasteiger partial charge in [0, 0.05) is 23.2 Å². The van der Waals surface area contributed by atoms with Crippen LogP contribution in [0.15, 0.2) is 18.2 Å². The van der Waals surface area contributed by atoms with E-state index < -0.39 is 0 Å². The van der Waals surface area contributed by atoms with Crippen LogP contribution in [0.2, 0.25) is 0 Å². The minimum absolute atomic E-state index is 0.231. The molecule has 2 aromatic rings. The Labute approximate surface area is 133 Å². The number of hydrogen-bond donors (Lipinski definition) is 2. The van der Waals surface area contributed by atoms with E-state index in [9.17, 15) is 5.11 Å². The van der Waals surface area contributed by atoms with Gasteiger partial charge in [-0.2, -0.15) is 0 Å². The van der Waals surface area contributed by atoms with Crippen LogP contribution in [-0.2, 0) is 12.8 Å². The molecule has 0 fully saturated rings. The Balaban J connectivity index is 1.86. The van der Waals surface area contributed by atoms with E-state index >= 15 is 0 Å². The highest BCUT2D eigenvalue weighted by Crippen LogP contribution is 2.55. The SMILES string of the molecule is COc1cc(O)c2c(c1)C[C@@H]1NCCc3cc4c(c-2c31)OCO4. The number of aromatic hydroxyl groups is 1. The van der Waals surface area contributed by atoms with Gasteiger partial charge in [0.15, 0.2) is 11.5 Å². The summed E-state index contributed by atoms with van der Waals surface area (Å²) in [6, 6.07) is 6.00. The smallest absolute Gasteiger partial charge is 0.231 e. The van der Waals surface area contributed by atoms with Gasteiger partial charge in [-0.15, -0.1) is 0 Å². The predicted octanol–water partition coefficient (Wildman–Crippen LogP) is 2.54. The van der Waals surface area contributed by atoms with Gasteiger partial charge in [0.25, 0.3) is 0 Å². The molecule has 23 heavy (non-hydrogen) atoms. The van der Waals surface area contributed by atoms with Gasteiger partial charge >= 0.3 is 0 Å². The topological polar surface area (TPSA) is 60.0 Å². The quantitative estimate of drug-likeness (QED) is 0.847. The molecule has 0 saturated carbocycles. The first-order valence-electron chi connectivity index (χ1n) is 7.85. The van der Waals surface area contributed by atoms with Crippen molar-refractivity contribution in [1.82, 2.24) is 5.32 Å². The molecule has 118 valence electrons. The highest BCUT2D eigenvalue weighted by atomic mass is 16.7. The molecule has 0 spiro atoms. The second kappa shape index (κ2) is 4.55. The first-order valence-corrected chi connectivity index (χ1v) is 7.85. The summed E-state index contributed by atoms with van der Waals surface area (Å²) in [4.78, 5) is 0. The maximum Gasteiger partial charge on any atom is 0.231 e. The van der Waals surface area contributed by atoms with E-state index in [0.717, 1.165) is 47.6 Å². The van der Waals surface area contributed by atoms with Gasteiger partial charge in [-0.1, -0.05) is 0 Å². The van der Waals surface area contributed by atoms with Gasteiger partial charge in [0.1, 0.15) is 11.5 Å². The van der Waals surface area contributed by atoms with Crippen molar-refractivity contribution in [3.05, 3.63) is 34.9 Å². The van der Waals surface area contributed by atoms with E-state index in [-0.39, 0.29) is 18.6 Å². The Kier molecular flexibility index (Phi) is 2.59. The number of methoxy groups -OCH3 is 1. The molecular weight excluding hydrogens is 294 g/mol. The normalized spacial score (nSPS) is 20.0. The van der Waals surface area contributed by atoms with Crippen LogP contribution < -0.4 is 19.5 Å². The van der Waals surface area contributed by atoms with Gasteiger partial charge in [0.2, 0.25) is 6.79 Å².